The highest BCUT2D eigenvalue weighted by molar-refractivity contribution is 5.92. The van der Waals surface area contributed by atoms with Crippen LogP contribution in [0.15, 0.2) is 42.6 Å². The second-order valence-electron chi connectivity index (χ2n) is 7.70. The second kappa shape index (κ2) is 7.44. The van der Waals surface area contributed by atoms with Gasteiger partial charge in [-0.3, -0.25) is 9.63 Å². The van der Waals surface area contributed by atoms with E-state index in [0.717, 1.165) is 43.6 Å². The molecule has 1 unspecified atom stereocenters. The smallest absolute Gasteiger partial charge is 0.295 e. The van der Waals surface area contributed by atoms with Crippen molar-refractivity contribution in [3.8, 4) is 0 Å². The molecule has 0 bridgehead atoms. The molecule has 1 N–H and O–H groups in total. The van der Waals surface area contributed by atoms with E-state index >= 15 is 0 Å². The highest BCUT2D eigenvalue weighted by Crippen LogP contribution is 2.35. The van der Waals surface area contributed by atoms with Crippen molar-refractivity contribution < 1.29 is 14.0 Å². The van der Waals surface area contributed by atoms with Gasteiger partial charge in [0.25, 0.3) is 5.91 Å². The summed E-state index contributed by atoms with van der Waals surface area (Å²) in [6, 6.07) is 10.5. The molecule has 2 aromatic heterocycles. The summed E-state index contributed by atoms with van der Waals surface area (Å²) in [5.74, 6) is 0.677. The highest BCUT2D eigenvalue weighted by Gasteiger charge is 2.28. The van der Waals surface area contributed by atoms with E-state index in [4.69, 9.17) is 4.84 Å². The Morgan fingerprint density at radius 1 is 1.24 bits per heavy atom. The van der Waals surface area contributed by atoms with Crippen LogP contribution in [0.25, 0.3) is 5.65 Å². The molecule has 1 saturated carbocycles. The largest absolute Gasteiger partial charge is 0.348 e. The van der Waals surface area contributed by atoms with Crippen molar-refractivity contribution in [2.24, 2.45) is 5.92 Å². The average Bonchev–Trinajstić information content (AvgIpc) is 3.26. The number of hydrogen-bond acceptors (Lipinski definition) is 5. The predicted octanol–water partition coefficient (Wildman–Crippen LogP) is 3.28. The zero-order valence-corrected chi connectivity index (χ0v) is 15.9. The first kappa shape index (κ1) is 18.1. The third-order valence-electron chi connectivity index (χ3n) is 5.54. The molecule has 1 amide bonds. The molecule has 1 saturated heterocycles. The maximum atomic E-state index is 13.7. The van der Waals surface area contributed by atoms with Crippen molar-refractivity contribution >= 4 is 17.4 Å². The lowest BCUT2D eigenvalue weighted by Crippen LogP contribution is -2.27. The molecule has 2 fully saturated rings. The number of nitrogens with zero attached hydrogens (tertiary/aromatic N) is 4. The summed E-state index contributed by atoms with van der Waals surface area (Å²) < 4.78 is 15.2. The monoisotopic (exact) mass is 395 g/mol. The predicted molar refractivity (Wildman–Crippen MR) is 105 cm³/mol. The van der Waals surface area contributed by atoms with Gasteiger partial charge in [-0.25, -0.2) is 19.4 Å². The zero-order chi connectivity index (χ0) is 19.8. The van der Waals surface area contributed by atoms with Crippen LogP contribution >= 0.6 is 0 Å². The van der Waals surface area contributed by atoms with Gasteiger partial charge in [0.1, 0.15) is 11.6 Å². The average molecular weight is 395 g/mol. The maximum absolute atomic E-state index is 13.7. The summed E-state index contributed by atoms with van der Waals surface area (Å²) in [6.45, 7) is 1.35. The Morgan fingerprint density at radius 2 is 2.14 bits per heavy atom. The van der Waals surface area contributed by atoms with Gasteiger partial charge in [-0.15, -0.1) is 5.10 Å². The van der Waals surface area contributed by atoms with Crippen LogP contribution in [0.3, 0.4) is 0 Å². The van der Waals surface area contributed by atoms with Gasteiger partial charge < -0.3 is 4.90 Å². The van der Waals surface area contributed by atoms with Crippen LogP contribution in [0.1, 0.15) is 47.8 Å². The van der Waals surface area contributed by atoms with Gasteiger partial charge in [0.2, 0.25) is 0 Å². The Kier molecular flexibility index (Phi) is 4.63. The maximum Gasteiger partial charge on any atom is 0.295 e. The Balaban J connectivity index is 1.40. The van der Waals surface area contributed by atoms with E-state index in [1.165, 1.54) is 16.8 Å². The minimum Gasteiger partial charge on any atom is -0.348 e. The molecule has 1 aliphatic carbocycles. The van der Waals surface area contributed by atoms with Gasteiger partial charge in [0.15, 0.2) is 11.3 Å². The summed E-state index contributed by atoms with van der Waals surface area (Å²) in [5, 5.41) is 4.66. The minimum atomic E-state index is -0.370. The number of benzene rings is 1. The number of nitrogens with one attached hydrogen (secondary N) is 1. The highest BCUT2D eigenvalue weighted by atomic mass is 19.1. The lowest BCUT2D eigenvalue weighted by atomic mass is 10.0. The van der Waals surface area contributed by atoms with Crippen molar-refractivity contribution in [3.05, 3.63) is 59.7 Å². The molecule has 3 heterocycles. The molecule has 2 aliphatic rings. The number of amides is 1. The van der Waals surface area contributed by atoms with E-state index in [0.29, 0.717) is 23.9 Å². The number of hydrogen-bond donors (Lipinski definition) is 1. The van der Waals surface area contributed by atoms with Gasteiger partial charge in [-0.05, 0) is 61.4 Å². The molecule has 0 radical (unpaired) electrons. The van der Waals surface area contributed by atoms with E-state index in [9.17, 15) is 9.18 Å². The summed E-state index contributed by atoms with van der Waals surface area (Å²) >= 11 is 0. The van der Waals surface area contributed by atoms with Crippen molar-refractivity contribution in [1.29, 1.82) is 0 Å². The van der Waals surface area contributed by atoms with Crippen molar-refractivity contribution in [1.82, 2.24) is 20.1 Å². The molecular formula is C21H22FN5O2. The van der Waals surface area contributed by atoms with Crippen LogP contribution in [0, 0.1) is 11.7 Å². The van der Waals surface area contributed by atoms with Crippen molar-refractivity contribution in [2.45, 2.75) is 31.7 Å². The first-order valence-electron chi connectivity index (χ1n) is 9.98. The molecule has 3 aromatic rings. The number of fused-ring (bicyclic) bond motifs is 1. The van der Waals surface area contributed by atoms with Crippen LogP contribution in [-0.4, -0.2) is 33.7 Å². The van der Waals surface area contributed by atoms with Gasteiger partial charge in [0.05, 0.1) is 18.8 Å². The number of carbonyl (C=O) groups excluding carboxylic acids is 1. The van der Waals surface area contributed by atoms with Gasteiger partial charge in [-0.2, -0.15) is 0 Å². The van der Waals surface area contributed by atoms with E-state index in [2.05, 4.69) is 20.5 Å². The lowest BCUT2D eigenvalue weighted by molar-refractivity contribution is 0.0264. The summed E-state index contributed by atoms with van der Waals surface area (Å²) in [5.41, 5.74) is 4.32. The normalized spacial score (nSPS) is 19.1. The minimum absolute atomic E-state index is 0.0540. The SMILES string of the molecule is O=C(NOCC1CC1)c1cnc2ccc(N3CCCC3c3cccc(F)c3)nn12. The summed E-state index contributed by atoms with van der Waals surface area (Å²) in [6.07, 6.45) is 5.72. The summed E-state index contributed by atoms with van der Waals surface area (Å²) in [7, 11) is 0. The number of hydroxylamine groups is 1. The third-order valence-corrected chi connectivity index (χ3v) is 5.54. The molecule has 7 nitrogen and oxygen atoms in total. The van der Waals surface area contributed by atoms with Gasteiger partial charge >= 0.3 is 0 Å². The Hall–Kier alpha value is -3.00. The van der Waals surface area contributed by atoms with Crippen LogP contribution in [0.2, 0.25) is 0 Å². The number of aromatic nitrogens is 3. The fraction of sp³-hybridized carbons (Fsp3) is 0.381. The zero-order valence-electron chi connectivity index (χ0n) is 15.9. The summed E-state index contributed by atoms with van der Waals surface area (Å²) in [4.78, 5) is 24.2. The van der Waals surface area contributed by atoms with E-state index < -0.39 is 0 Å². The lowest BCUT2D eigenvalue weighted by Gasteiger charge is -2.26. The Bertz CT molecular complexity index is 1050. The molecule has 29 heavy (non-hydrogen) atoms. The quantitative estimate of drug-likeness (QED) is 0.649. The number of anilines is 1. The van der Waals surface area contributed by atoms with E-state index in [-0.39, 0.29) is 17.8 Å². The van der Waals surface area contributed by atoms with Crippen molar-refractivity contribution in [3.63, 3.8) is 0 Å². The number of halogens is 1. The molecule has 8 heteroatoms. The van der Waals surface area contributed by atoms with Crippen LogP contribution in [0.4, 0.5) is 10.2 Å². The van der Waals surface area contributed by atoms with Crippen molar-refractivity contribution in [2.75, 3.05) is 18.1 Å². The number of rotatable bonds is 6. The number of imidazole rings is 1. The van der Waals surface area contributed by atoms with Gasteiger partial charge in [-0.1, -0.05) is 12.1 Å². The topological polar surface area (TPSA) is 71.8 Å². The van der Waals surface area contributed by atoms with Crippen LogP contribution < -0.4 is 10.4 Å². The first-order chi connectivity index (χ1) is 14.2. The molecule has 1 atom stereocenters. The van der Waals surface area contributed by atoms with Crippen LogP contribution in [0.5, 0.6) is 0 Å². The van der Waals surface area contributed by atoms with Crippen LogP contribution in [-0.2, 0) is 4.84 Å². The molecule has 0 spiro atoms. The fourth-order valence-corrected chi connectivity index (χ4v) is 3.83. The van der Waals surface area contributed by atoms with Gasteiger partial charge in [0, 0.05) is 6.54 Å². The third kappa shape index (κ3) is 3.67. The Labute approximate surface area is 167 Å². The molecule has 1 aromatic carbocycles. The number of carbonyl (C=O) groups is 1. The standard InChI is InChI=1S/C21H22FN5O2/c22-16-4-1-3-15(11-16)17-5-2-10-26(17)20-9-8-19-23-12-18(27(19)24-20)21(28)25-29-13-14-6-7-14/h1,3-4,8-9,11-12,14,17H,2,5-7,10,13H2,(H,25,28). The molecule has 150 valence electrons. The molecule has 1 aliphatic heterocycles. The first-order valence-corrected chi connectivity index (χ1v) is 9.98. The molecule has 5 rings (SSSR count). The second-order valence-corrected chi connectivity index (χ2v) is 7.70. The van der Waals surface area contributed by atoms with E-state index in [1.54, 1.807) is 12.1 Å². The van der Waals surface area contributed by atoms with E-state index in [1.807, 2.05) is 18.2 Å². The molecular weight excluding hydrogens is 373 g/mol. The Morgan fingerprint density at radius 3 is 2.97 bits per heavy atom. The fourth-order valence-electron chi connectivity index (χ4n) is 3.83.